The van der Waals surface area contributed by atoms with Gasteiger partial charge in [0.05, 0.1) is 5.56 Å². The number of aromatic carboxylic acids is 1. The topological polar surface area (TPSA) is 85.3 Å². The van der Waals surface area contributed by atoms with Crippen molar-refractivity contribution in [2.45, 2.75) is 26.9 Å². The van der Waals surface area contributed by atoms with Crippen molar-refractivity contribution in [3.8, 4) is 11.1 Å². The van der Waals surface area contributed by atoms with Crippen LogP contribution in [0.1, 0.15) is 29.9 Å². The fourth-order valence-electron chi connectivity index (χ4n) is 3.33. The molecule has 0 bridgehead atoms. The highest BCUT2D eigenvalue weighted by Crippen LogP contribution is 2.31. The molecule has 0 radical (unpaired) electrons. The SMILES string of the molecule is CC(C)Cn1c(CN)c(-c2ccccc2)c2cc(C(=O)O)ccc2c1=O.Cl. The first-order valence-electron chi connectivity index (χ1n) is 8.62. The lowest BCUT2D eigenvalue weighted by Gasteiger charge is -2.20. The molecule has 0 spiro atoms. The maximum atomic E-state index is 13.1. The summed E-state index contributed by atoms with van der Waals surface area (Å²) in [5.74, 6) is -0.746. The van der Waals surface area contributed by atoms with Crippen molar-refractivity contribution in [3.63, 3.8) is 0 Å². The second-order valence-corrected chi connectivity index (χ2v) is 6.77. The molecule has 142 valence electrons. The smallest absolute Gasteiger partial charge is 0.335 e. The zero-order chi connectivity index (χ0) is 18.8. The first-order chi connectivity index (χ1) is 12.4. The summed E-state index contributed by atoms with van der Waals surface area (Å²) < 4.78 is 1.73. The minimum atomic E-state index is -1.02. The number of carbonyl (C=O) groups is 1. The molecule has 0 saturated carbocycles. The maximum Gasteiger partial charge on any atom is 0.335 e. The van der Waals surface area contributed by atoms with E-state index < -0.39 is 5.97 Å². The number of carboxylic acid groups (broad SMARTS) is 1. The molecule has 0 amide bonds. The number of hydrogen-bond donors (Lipinski definition) is 2. The summed E-state index contributed by atoms with van der Waals surface area (Å²) in [6.45, 7) is 4.85. The lowest BCUT2D eigenvalue weighted by Crippen LogP contribution is -2.28. The van der Waals surface area contributed by atoms with Crippen LogP contribution in [0.25, 0.3) is 21.9 Å². The normalized spacial score (nSPS) is 10.8. The third kappa shape index (κ3) is 3.89. The Hall–Kier alpha value is -2.63. The van der Waals surface area contributed by atoms with Crippen LogP contribution < -0.4 is 11.3 Å². The van der Waals surface area contributed by atoms with Gasteiger partial charge in [-0.1, -0.05) is 44.2 Å². The second kappa shape index (κ2) is 8.37. The largest absolute Gasteiger partial charge is 0.478 e. The molecule has 0 unspecified atom stereocenters. The Morgan fingerprint density at radius 3 is 2.33 bits per heavy atom. The molecule has 2 aromatic carbocycles. The van der Waals surface area contributed by atoms with Crippen molar-refractivity contribution < 1.29 is 9.90 Å². The van der Waals surface area contributed by atoms with Crippen molar-refractivity contribution in [2.75, 3.05) is 0 Å². The van der Waals surface area contributed by atoms with Crippen LogP contribution in [0.5, 0.6) is 0 Å². The van der Waals surface area contributed by atoms with Gasteiger partial charge in [0.25, 0.3) is 5.56 Å². The van der Waals surface area contributed by atoms with Gasteiger partial charge in [0.15, 0.2) is 0 Å². The van der Waals surface area contributed by atoms with Gasteiger partial charge in [-0.3, -0.25) is 4.79 Å². The second-order valence-electron chi connectivity index (χ2n) is 6.77. The number of nitrogens with zero attached hydrogens (tertiary/aromatic N) is 1. The fourth-order valence-corrected chi connectivity index (χ4v) is 3.33. The van der Waals surface area contributed by atoms with Gasteiger partial charge in [0.1, 0.15) is 0 Å². The molecule has 3 rings (SSSR count). The van der Waals surface area contributed by atoms with Crippen molar-refractivity contribution in [2.24, 2.45) is 11.7 Å². The monoisotopic (exact) mass is 386 g/mol. The highest BCUT2D eigenvalue weighted by Gasteiger charge is 2.19. The Morgan fingerprint density at radius 1 is 1.11 bits per heavy atom. The highest BCUT2D eigenvalue weighted by molar-refractivity contribution is 6.01. The third-order valence-electron chi connectivity index (χ3n) is 4.43. The van der Waals surface area contributed by atoms with E-state index in [1.54, 1.807) is 16.7 Å². The number of fused-ring (bicyclic) bond motifs is 1. The average Bonchev–Trinajstić information content (AvgIpc) is 2.63. The molecule has 3 N–H and O–H groups in total. The van der Waals surface area contributed by atoms with Crippen molar-refractivity contribution in [3.05, 3.63) is 70.1 Å². The zero-order valence-corrected chi connectivity index (χ0v) is 16.1. The summed E-state index contributed by atoms with van der Waals surface area (Å²) >= 11 is 0. The lowest BCUT2D eigenvalue weighted by atomic mass is 9.95. The van der Waals surface area contributed by atoms with E-state index in [9.17, 15) is 14.7 Å². The Balaban J connectivity index is 0.00000261. The Kier molecular flexibility index (Phi) is 6.41. The molecule has 6 heteroatoms. The van der Waals surface area contributed by atoms with Crippen LogP contribution in [0, 0.1) is 5.92 Å². The standard InChI is InChI=1S/C21H22N2O3.ClH/c1-13(2)12-23-18(11-22)19(14-6-4-3-5-7-14)17-10-15(21(25)26)8-9-16(17)20(23)24;/h3-10,13H,11-12,22H2,1-2H3,(H,25,26);1H. The van der Waals surface area contributed by atoms with Crippen LogP contribution in [0.2, 0.25) is 0 Å². The van der Waals surface area contributed by atoms with Crippen LogP contribution in [0.4, 0.5) is 0 Å². The predicted octanol–water partition coefficient (Wildman–Crippen LogP) is 3.90. The summed E-state index contributed by atoms with van der Waals surface area (Å²) in [4.78, 5) is 24.5. The van der Waals surface area contributed by atoms with Gasteiger partial charge >= 0.3 is 5.97 Å². The average molecular weight is 387 g/mol. The first kappa shape index (κ1) is 20.7. The molecule has 0 atom stereocenters. The molecule has 0 aliphatic rings. The highest BCUT2D eigenvalue weighted by atomic mass is 35.5. The van der Waals surface area contributed by atoms with Gasteiger partial charge < -0.3 is 15.4 Å². The number of nitrogens with two attached hydrogens (primary N) is 1. The van der Waals surface area contributed by atoms with E-state index >= 15 is 0 Å². The molecule has 0 saturated heterocycles. The molecule has 27 heavy (non-hydrogen) atoms. The van der Waals surface area contributed by atoms with E-state index in [1.165, 1.54) is 6.07 Å². The summed E-state index contributed by atoms with van der Waals surface area (Å²) in [6, 6.07) is 14.3. The lowest BCUT2D eigenvalue weighted by molar-refractivity contribution is 0.0697. The molecule has 5 nitrogen and oxygen atoms in total. The number of hydrogen-bond acceptors (Lipinski definition) is 3. The number of pyridine rings is 1. The van der Waals surface area contributed by atoms with Crippen molar-refractivity contribution in [1.82, 2.24) is 4.57 Å². The van der Waals surface area contributed by atoms with E-state index in [4.69, 9.17) is 5.73 Å². The van der Waals surface area contributed by atoms with Gasteiger partial charge in [-0.25, -0.2) is 4.79 Å². The van der Waals surface area contributed by atoms with Gasteiger partial charge in [-0.05, 0) is 35.1 Å². The van der Waals surface area contributed by atoms with E-state index in [0.717, 1.165) is 16.8 Å². The Labute approximate surface area is 163 Å². The van der Waals surface area contributed by atoms with Crippen molar-refractivity contribution in [1.29, 1.82) is 0 Å². The maximum absolute atomic E-state index is 13.1. The summed E-state index contributed by atoms with van der Waals surface area (Å²) in [5.41, 5.74) is 8.53. The third-order valence-corrected chi connectivity index (χ3v) is 4.43. The van der Waals surface area contributed by atoms with Crippen LogP contribution in [0.3, 0.4) is 0 Å². The van der Waals surface area contributed by atoms with E-state index in [1.807, 2.05) is 44.2 Å². The predicted molar refractivity (Wildman–Crippen MR) is 111 cm³/mol. The summed E-state index contributed by atoms with van der Waals surface area (Å²) in [5, 5.41) is 10.5. The molecule has 1 heterocycles. The molecule has 0 fully saturated rings. The molecular weight excluding hydrogens is 364 g/mol. The molecule has 1 aromatic heterocycles. The summed E-state index contributed by atoms with van der Waals surface area (Å²) in [6.07, 6.45) is 0. The van der Waals surface area contributed by atoms with Crippen molar-refractivity contribution >= 4 is 29.1 Å². The van der Waals surface area contributed by atoms with Gasteiger partial charge in [0.2, 0.25) is 0 Å². The Bertz CT molecular complexity index is 1030. The van der Waals surface area contributed by atoms with Crippen LogP contribution in [-0.2, 0) is 13.1 Å². The van der Waals surface area contributed by atoms with E-state index in [0.29, 0.717) is 17.3 Å². The quantitative estimate of drug-likeness (QED) is 0.696. The number of halogens is 1. The number of carboxylic acids is 1. The van der Waals surface area contributed by atoms with Gasteiger partial charge in [-0.15, -0.1) is 12.4 Å². The zero-order valence-electron chi connectivity index (χ0n) is 15.3. The number of aromatic nitrogens is 1. The van der Waals surface area contributed by atoms with Gasteiger partial charge in [0, 0.05) is 29.7 Å². The Morgan fingerprint density at radius 2 is 1.78 bits per heavy atom. The van der Waals surface area contributed by atoms with Gasteiger partial charge in [-0.2, -0.15) is 0 Å². The molecule has 0 aliphatic heterocycles. The molecular formula is C21H23ClN2O3. The van der Waals surface area contributed by atoms with Crippen LogP contribution in [0.15, 0.2) is 53.3 Å². The molecule has 3 aromatic rings. The summed E-state index contributed by atoms with van der Waals surface area (Å²) in [7, 11) is 0. The van der Waals surface area contributed by atoms with E-state index in [2.05, 4.69) is 0 Å². The fraction of sp³-hybridized carbons (Fsp3) is 0.238. The number of benzene rings is 2. The molecule has 0 aliphatic carbocycles. The minimum Gasteiger partial charge on any atom is -0.478 e. The van der Waals surface area contributed by atoms with Crippen LogP contribution in [-0.4, -0.2) is 15.6 Å². The van der Waals surface area contributed by atoms with E-state index in [-0.39, 0.29) is 36.0 Å². The number of rotatable bonds is 5. The first-order valence-corrected chi connectivity index (χ1v) is 8.62. The minimum absolute atomic E-state index is 0. The van der Waals surface area contributed by atoms with Crippen LogP contribution >= 0.6 is 12.4 Å².